The van der Waals surface area contributed by atoms with Gasteiger partial charge in [0.1, 0.15) is 0 Å². The summed E-state index contributed by atoms with van der Waals surface area (Å²) in [5, 5.41) is 0.880. The van der Waals surface area contributed by atoms with Crippen LogP contribution in [0.1, 0.15) is 11.1 Å². The first-order valence-corrected chi connectivity index (χ1v) is 6.91. The van der Waals surface area contributed by atoms with Crippen molar-refractivity contribution in [3.05, 3.63) is 57.7 Å². The molecule has 0 saturated carbocycles. The van der Waals surface area contributed by atoms with Crippen molar-refractivity contribution in [3.63, 3.8) is 0 Å². The predicted molar refractivity (Wildman–Crippen MR) is 75.0 cm³/mol. The Morgan fingerprint density at radius 1 is 1.06 bits per heavy atom. The summed E-state index contributed by atoms with van der Waals surface area (Å²) in [4.78, 5) is 12.8. The number of benzene rings is 2. The van der Waals surface area contributed by atoms with E-state index in [2.05, 4.69) is 0 Å². The summed E-state index contributed by atoms with van der Waals surface area (Å²) in [6, 6.07) is 11.2. The van der Waals surface area contributed by atoms with E-state index >= 15 is 0 Å². The molecule has 0 spiro atoms. The van der Waals surface area contributed by atoms with Crippen LogP contribution in [0.3, 0.4) is 0 Å². The van der Waals surface area contributed by atoms with E-state index < -0.39 is 10.8 Å². The highest BCUT2D eigenvalue weighted by atomic mass is 32.2. The van der Waals surface area contributed by atoms with Gasteiger partial charge in [-0.3, -0.25) is 4.79 Å². The quantitative estimate of drug-likeness (QED) is 0.455. The summed E-state index contributed by atoms with van der Waals surface area (Å²) in [6.07, 6.45) is 0. The van der Waals surface area contributed by atoms with Crippen LogP contribution in [0.15, 0.2) is 41.2 Å². The minimum absolute atomic E-state index is 0.0153. The van der Waals surface area contributed by atoms with Gasteiger partial charge in [-0.15, -0.1) is 0 Å². The fourth-order valence-electron chi connectivity index (χ4n) is 2.40. The van der Waals surface area contributed by atoms with Gasteiger partial charge in [-0.1, -0.05) is 12.1 Å². The third-order valence-electron chi connectivity index (χ3n) is 3.24. The molecule has 0 saturated heterocycles. The van der Waals surface area contributed by atoms with Crippen molar-refractivity contribution in [2.45, 2.75) is 13.8 Å². The lowest BCUT2D eigenvalue weighted by Gasteiger charge is -2.11. The van der Waals surface area contributed by atoms with Crippen molar-refractivity contribution in [2.24, 2.45) is 0 Å². The van der Waals surface area contributed by atoms with E-state index in [-0.39, 0.29) is 5.43 Å². The molecule has 0 N–H and O–H groups in total. The Kier molecular flexibility index (Phi) is 2.47. The number of fused-ring (bicyclic) bond motifs is 2. The molecule has 1 unspecified atom stereocenters. The lowest BCUT2D eigenvalue weighted by Crippen LogP contribution is -2.10. The Bertz CT molecular complexity index is 787. The lowest BCUT2D eigenvalue weighted by molar-refractivity contribution is 0.600. The molecular formula is C15H12O2S. The second kappa shape index (κ2) is 3.90. The van der Waals surface area contributed by atoms with Gasteiger partial charge >= 0.3 is 0 Å². The SMILES string of the molecule is Cc1cc(C)c(=O)c2cc3ccccc3[s+]([O-])c1-2. The van der Waals surface area contributed by atoms with E-state index in [9.17, 15) is 9.35 Å². The third kappa shape index (κ3) is 1.48. The van der Waals surface area contributed by atoms with E-state index in [1.54, 1.807) is 6.92 Å². The van der Waals surface area contributed by atoms with Crippen molar-refractivity contribution in [2.75, 3.05) is 0 Å². The Hall–Kier alpha value is -1.71. The summed E-state index contributed by atoms with van der Waals surface area (Å²) in [6.45, 7) is 3.71. The average Bonchev–Trinajstić information content (AvgIpc) is 2.36. The van der Waals surface area contributed by atoms with Gasteiger partial charge in [0.25, 0.3) is 0 Å². The molecule has 0 radical (unpaired) electrons. The molecule has 1 aromatic rings. The summed E-state index contributed by atoms with van der Waals surface area (Å²) in [5.74, 6) is 0. The molecule has 1 aliphatic carbocycles. The van der Waals surface area contributed by atoms with Crippen LogP contribution < -0.4 is 5.43 Å². The van der Waals surface area contributed by atoms with Crippen LogP contribution in [0, 0.1) is 13.8 Å². The van der Waals surface area contributed by atoms with Crippen LogP contribution in [0.5, 0.6) is 0 Å². The van der Waals surface area contributed by atoms with Crippen LogP contribution in [0.4, 0.5) is 0 Å². The number of hydrogen-bond donors (Lipinski definition) is 0. The fraction of sp³-hybridized carbons (Fsp3) is 0.133. The van der Waals surface area contributed by atoms with E-state index in [1.165, 1.54) is 0 Å². The molecule has 90 valence electrons. The molecule has 1 atom stereocenters. The standard InChI is InChI=1S/C15H12O2S/c1-9-7-10(2)15-12(14(9)16)8-11-5-3-4-6-13(11)18(15)17/h3-8H,1-2H3. The van der Waals surface area contributed by atoms with Gasteiger partial charge in [0.15, 0.2) is 15.0 Å². The van der Waals surface area contributed by atoms with Gasteiger partial charge in [-0.2, -0.15) is 0 Å². The summed E-state index contributed by atoms with van der Waals surface area (Å²) in [7, 11) is -1.25. The van der Waals surface area contributed by atoms with Crippen molar-refractivity contribution in [1.29, 1.82) is 0 Å². The predicted octanol–water partition coefficient (Wildman–Crippen LogP) is 3.65. The molecule has 3 heteroatoms. The van der Waals surface area contributed by atoms with Crippen molar-refractivity contribution >= 4 is 20.8 Å². The fourth-order valence-corrected chi connectivity index (χ4v) is 3.86. The minimum atomic E-state index is -1.25. The molecular weight excluding hydrogens is 244 g/mol. The Morgan fingerprint density at radius 2 is 1.78 bits per heavy atom. The van der Waals surface area contributed by atoms with Crippen LogP contribution >= 0.6 is 10.8 Å². The first-order valence-electron chi connectivity index (χ1n) is 5.76. The second-order valence-electron chi connectivity index (χ2n) is 4.53. The Labute approximate surface area is 108 Å². The highest BCUT2D eigenvalue weighted by Gasteiger charge is 2.21. The number of rotatable bonds is 0. The van der Waals surface area contributed by atoms with Gasteiger partial charge < -0.3 is 4.55 Å². The average molecular weight is 256 g/mol. The lowest BCUT2D eigenvalue weighted by atomic mass is 10.0. The van der Waals surface area contributed by atoms with Gasteiger partial charge in [0.05, 0.1) is 5.56 Å². The van der Waals surface area contributed by atoms with Gasteiger partial charge in [0, 0.05) is 10.9 Å². The largest absolute Gasteiger partial charge is 0.590 e. The first kappa shape index (κ1) is 11.4. The molecule has 2 nitrogen and oxygen atoms in total. The van der Waals surface area contributed by atoms with Crippen LogP contribution in [0.25, 0.3) is 20.5 Å². The number of aryl methyl sites for hydroxylation is 2. The van der Waals surface area contributed by atoms with Crippen molar-refractivity contribution in [1.82, 2.24) is 0 Å². The van der Waals surface area contributed by atoms with Crippen molar-refractivity contribution < 1.29 is 4.55 Å². The van der Waals surface area contributed by atoms with Gasteiger partial charge in [-0.05, 0) is 54.4 Å². The maximum Gasteiger partial charge on any atom is 0.194 e. The molecule has 0 aromatic heterocycles. The zero-order valence-corrected chi connectivity index (χ0v) is 11.0. The highest BCUT2D eigenvalue weighted by Crippen LogP contribution is 2.40. The third-order valence-corrected chi connectivity index (χ3v) is 4.93. The molecule has 0 bridgehead atoms. The van der Waals surface area contributed by atoms with E-state index in [4.69, 9.17) is 0 Å². The highest BCUT2D eigenvalue weighted by molar-refractivity contribution is 7.34. The maximum absolute atomic E-state index is 12.5. The Morgan fingerprint density at radius 3 is 2.56 bits per heavy atom. The summed E-state index contributed by atoms with van der Waals surface area (Å²) >= 11 is 0. The van der Waals surface area contributed by atoms with Crippen molar-refractivity contribution in [3.8, 4) is 10.4 Å². The molecule has 0 fully saturated rings. The van der Waals surface area contributed by atoms with Gasteiger partial charge in [-0.25, -0.2) is 0 Å². The summed E-state index contributed by atoms with van der Waals surface area (Å²) in [5.41, 5.74) is 2.20. The molecule has 1 aromatic carbocycles. The van der Waals surface area contributed by atoms with E-state index in [0.29, 0.717) is 16.0 Å². The first-order chi connectivity index (χ1) is 8.59. The second-order valence-corrected chi connectivity index (χ2v) is 5.92. The number of hydrogen-bond acceptors (Lipinski definition) is 2. The molecule has 3 rings (SSSR count). The molecule has 0 amide bonds. The molecule has 2 aliphatic rings. The van der Waals surface area contributed by atoms with E-state index in [1.807, 2.05) is 43.3 Å². The van der Waals surface area contributed by atoms with Crippen LogP contribution in [-0.4, -0.2) is 4.55 Å². The topological polar surface area (TPSA) is 40.1 Å². The zero-order valence-electron chi connectivity index (χ0n) is 10.2. The summed E-state index contributed by atoms with van der Waals surface area (Å²) < 4.78 is 13.3. The normalized spacial score (nSPS) is 12.3. The monoisotopic (exact) mass is 256 g/mol. The zero-order chi connectivity index (χ0) is 12.9. The molecule has 1 aliphatic heterocycles. The van der Waals surface area contributed by atoms with Gasteiger partial charge in [0.2, 0.25) is 0 Å². The van der Waals surface area contributed by atoms with Crippen LogP contribution in [0.2, 0.25) is 0 Å². The minimum Gasteiger partial charge on any atom is -0.590 e. The molecule has 18 heavy (non-hydrogen) atoms. The Balaban J connectivity index is 2.64. The molecule has 1 heterocycles. The van der Waals surface area contributed by atoms with E-state index in [0.717, 1.165) is 15.6 Å². The maximum atomic E-state index is 12.5. The van der Waals surface area contributed by atoms with Crippen LogP contribution in [-0.2, 0) is 0 Å². The smallest absolute Gasteiger partial charge is 0.194 e.